The standard InChI is InChI=1S/C29H33N3O3/c1-21(2)35-27-15-13-22(14-16-27)19-30-28(33)24-9-6-8-23(18-24)25-10-7-17-32(20-25)29(34)31-26-11-4-3-5-12-26/h3-6,8-9,11-16,18,21,25H,7,10,17,19-20H2,1-2H3,(H,30,33)(H,31,34)/t25-/m0/s1. The van der Waals surface area contributed by atoms with Gasteiger partial charge in [-0.2, -0.15) is 0 Å². The summed E-state index contributed by atoms with van der Waals surface area (Å²) in [4.78, 5) is 27.4. The van der Waals surface area contributed by atoms with Gasteiger partial charge in [-0.25, -0.2) is 4.79 Å². The van der Waals surface area contributed by atoms with Crippen molar-refractivity contribution in [1.29, 1.82) is 0 Å². The first-order valence-corrected chi connectivity index (χ1v) is 12.2. The number of anilines is 1. The second-order valence-electron chi connectivity index (χ2n) is 9.20. The van der Waals surface area contributed by atoms with Crippen molar-refractivity contribution >= 4 is 17.6 Å². The van der Waals surface area contributed by atoms with Crippen LogP contribution in [0.2, 0.25) is 0 Å². The third kappa shape index (κ3) is 6.85. The third-order valence-corrected chi connectivity index (χ3v) is 6.10. The summed E-state index contributed by atoms with van der Waals surface area (Å²) in [7, 11) is 0. The predicted molar refractivity (Wildman–Crippen MR) is 139 cm³/mol. The molecule has 1 heterocycles. The molecule has 0 radical (unpaired) electrons. The number of likely N-dealkylation sites (tertiary alicyclic amines) is 1. The van der Waals surface area contributed by atoms with Crippen LogP contribution in [0.4, 0.5) is 10.5 Å². The maximum atomic E-state index is 12.8. The summed E-state index contributed by atoms with van der Waals surface area (Å²) < 4.78 is 5.67. The molecule has 182 valence electrons. The van der Waals surface area contributed by atoms with E-state index < -0.39 is 0 Å². The van der Waals surface area contributed by atoms with Gasteiger partial charge >= 0.3 is 6.03 Å². The SMILES string of the molecule is CC(C)Oc1ccc(CNC(=O)c2cccc([C@H]3CCCN(C(=O)Nc4ccccc4)C3)c2)cc1. The molecule has 0 bridgehead atoms. The average Bonchev–Trinajstić information content (AvgIpc) is 2.88. The number of amides is 3. The molecule has 1 fully saturated rings. The Morgan fingerprint density at radius 3 is 2.51 bits per heavy atom. The zero-order valence-electron chi connectivity index (χ0n) is 20.4. The third-order valence-electron chi connectivity index (χ3n) is 6.10. The summed E-state index contributed by atoms with van der Waals surface area (Å²) in [5.74, 6) is 0.914. The minimum atomic E-state index is -0.108. The van der Waals surface area contributed by atoms with Crippen molar-refractivity contribution in [2.24, 2.45) is 0 Å². The van der Waals surface area contributed by atoms with E-state index in [0.717, 1.165) is 42.0 Å². The Morgan fingerprint density at radius 1 is 1.00 bits per heavy atom. The summed E-state index contributed by atoms with van der Waals surface area (Å²) in [6, 6.07) is 25.0. The Kier molecular flexibility index (Phi) is 8.03. The molecule has 0 unspecified atom stereocenters. The number of nitrogens with one attached hydrogen (secondary N) is 2. The molecule has 1 aliphatic rings. The second-order valence-corrected chi connectivity index (χ2v) is 9.20. The zero-order valence-corrected chi connectivity index (χ0v) is 20.4. The number of carbonyl (C=O) groups is 2. The highest BCUT2D eigenvalue weighted by Gasteiger charge is 2.25. The Balaban J connectivity index is 1.34. The van der Waals surface area contributed by atoms with E-state index in [1.807, 2.05) is 97.6 Å². The predicted octanol–water partition coefficient (Wildman–Crippen LogP) is 5.82. The second kappa shape index (κ2) is 11.6. The fourth-order valence-electron chi connectivity index (χ4n) is 4.33. The first kappa shape index (κ1) is 24.3. The number of hydrogen-bond donors (Lipinski definition) is 2. The van der Waals surface area contributed by atoms with Crippen LogP contribution < -0.4 is 15.4 Å². The lowest BCUT2D eigenvalue weighted by molar-refractivity contribution is 0.0950. The van der Waals surface area contributed by atoms with E-state index in [4.69, 9.17) is 4.74 Å². The lowest BCUT2D eigenvalue weighted by Gasteiger charge is -2.33. The van der Waals surface area contributed by atoms with Gasteiger partial charge in [-0.15, -0.1) is 0 Å². The number of ether oxygens (including phenoxy) is 1. The van der Waals surface area contributed by atoms with Gasteiger partial charge in [0.15, 0.2) is 0 Å². The van der Waals surface area contributed by atoms with Crippen molar-refractivity contribution in [2.45, 2.75) is 45.3 Å². The number of piperidine rings is 1. The number of hydrogen-bond acceptors (Lipinski definition) is 3. The van der Waals surface area contributed by atoms with Crippen LogP contribution in [0.1, 0.15) is 54.1 Å². The minimum Gasteiger partial charge on any atom is -0.491 e. The zero-order chi connectivity index (χ0) is 24.6. The van der Waals surface area contributed by atoms with E-state index in [2.05, 4.69) is 10.6 Å². The largest absolute Gasteiger partial charge is 0.491 e. The van der Waals surface area contributed by atoms with Gasteiger partial charge in [0.2, 0.25) is 0 Å². The van der Waals surface area contributed by atoms with Gasteiger partial charge in [0.25, 0.3) is 5.91 Å². The van der Waals surface area contributed by atoms with Crippen LogP contribution in [-0.4, -0.2) is 36.0 Å². The summed E-state index contributed by atoms with van der Waals surface area (Å²) in [6.45, 7) is 5.80. The molecule has 6 heteroatoms. The number of rotatable bonds is 7. The molecule has 3 aromatic carbocycles. The topological polar surface area (TPSA) is 70.7 Å². The van der Waals surface area contributed by atoms with E-state index in [9.17, 15) is 9.59 Å². The van der Waals surface area contributed by atoms with Gasteiger partial charge in [-0.1, -0.05) is 42.5 Å². The van der Waals surface area contributed by atoms with Crippen molar-refractivity contribution in [3.05, 3.63) is 95.6 Å². The molecule has 0 aliphatic carbocycles. The van der Waals surface area contributed by atoms with Crippen molar-refractivity contribution in [3.8, 4) is 5.75 Å². The fourth-order valence-corrected chi connectivity index (χ4v) is 4.33. The Hall–Kier alpha value is -3.80. The molecule has 1 atom stereocenters. The molecule has 3 aromatic rings. The van der Waals surface area contributed by atoms with Crippen LogP contribution in [0, 0.1) is 0 Å². The average molecular weight is 472 g/mol. The fraction of sp³-hybridized carbons (Fsp3) is 0.310. The van der Waals surface area contributed by atoms with Crippen LogP contribution in [0.25, 0.3) is 0 Å². The molecule has 3 amide bonds. The number of para-hydroxylation sites is 1. The quantitative estimate of drug-likeness (QED) is 0.456. The van der Waals surface area contributed by atoms with Gasteiger partial charge in [-0.3, -0.25) is 4.79 Å². The van der Waals surface area contributed by atoms with E-state index in [1.165, 1.54) is 0 Å². The molecular weight excluding hydrogens is 438 g/mol. The molecule has 0 saturated carbocycles. The Labute approximate surface area is 207 Å². The molecule has 35 heavy (non-hydrogen) atoms. The molecule has 4 rings (SSSR count). The van der Waals surface area contributed by atoms with Crippen molar-refractivity contribution in [1.82, 2.24) is 10.2 Å². The summed E-state index contributed by atoms with van der Waals surface area (Å²) in [5.41, 5.74) is 3.52. The Morgan fingerprint density at radius 2 is 1.77 bits per heavy atom. The molecular formula is C29H33N3O3. The number of nitrogens with zero attached hydrogens (tertiary/aromatic N) is 1. The normalized spacial score (nSPS) is 15.5. The molecule has 0 aromatic heterocycles. The van der Waals surface area contributed by atoms with Crippen LogP contribution in [0.5, 0.6) is 5.75 Å². The number of benzene rings is 3. The smallest absolute Gasteiger partial charge is 0.321 e. The maximum Gasteiger partial charge on any atom is 0.321 e. The van der Waals surface area contributed by atoms with Crippen molar-refractivity contribution in [2.75, 3.05) is 18.4 Å². The summed E-state index contributed by atoms with van der Waals surface area (Å²) in [5, 5.41) is 5.98. The highest BCUT2D eigenvalue weighted by Crippen LogP contribution is 2.28. The summed E-state index contributed by atoms with van der Waals surface area (Å²) >= 11 is 0. The lowest BCUT2D eigenvalue weighted by atomic mass is 9.89. The van der Waals surface area contributed by atoms with Gasteiger partial charge in [0.1, 0.15) is 5.75 Å². The molecule has 0 spiro atoms. The molecule has 1 aliphatic heterocycles. The van der Waals surface area contributed by atoms with Crippen LogP contribution in [0.15, 0.2) is 78.9 Å². The molecule has 1 saturated heterocycles. The first-order valence-electron chi connectivity index (χ1n) is 12.2. The lowest BCUT2D eigenvalue weighted by Crippen LogP contribution is -2.41. The van der Waals surface area contributed by atoms with Crippen molar-refractivity contribution < 1.29 is 14.3 Å². The monoisotopic (exact) mass is 471 g/mol. The highest BCUT2D eigenvalue weighted by molar-refractivity contribution is 5.94. The maximum absolute atomic E-state index is 12.8. The van der Waals surface area contributed by atoms with Crippen LogP contribution >= 0.6 is 0 Å². The van der Waals surface area contributed by atoms with E-state index in [0.29, 0.717) is 18.7 Å². The van der Waals surface area contributed by atoms with Crippen LogP contribution in [0.3, 0.4) is 0 Å². The number of urea groups is 1. The van der Waals surface area contributed by atoms with E-state index in [-0.39, 0.29) is 24.0 Å². The summed E-state index contributed by atoms with van der Waals surface area (Å²) in [6.07, 6.45) is 2.05. The van der Waals surface area contributed by atoms with E-state index in [1.54, 1.807) is 0 Å². The van der Waals surface area contributed by atoms with Crippen LogP contribution in [-0.2, 0) is 6.54 Å². The number of carbonyl (C=O) groups excluding carboxylic acids is 2. The Bertz CT molecular complexity index is 1130. The highest BCUT2D eigenvalue weighted by atomic mass is 16.5. The van der Waals surface area contributed by atoms with Gasteiger partial charge < -0.3 is 20.3 Å². The van der Waals surface area contributed by atoms with Gasteiger partial charge in [0.05, 0.1) is 6.10 Å². The van der Waals surface area contributed by atoms with Crippen molar-refractivity contribution in [3.63, 3.8) is 0 Å². The molecule has 6 nitrogen and oxygen atoms in total. The molecule has 2 N–H and O–H groups in total. The minimum absolute atomic E-state index is 0.0837. The van der Waals surface area contributed by atoms with Gasteiger partial charge in [0, 0.05) is 36.8 Å². The van der Waals surface area contributed by atoms with Gasteiger partial charge in [-0.05, 0) is 74.2 Å². The van der Waals surface area contributed by atoms with E-state index >= 15 is 0 Å². The first-order chi connectivity index (χ1) is 17.0.